The first-order valence-electron chi connectivity index (χ1n) is 9.89. The van der Waals surface area contributed by atoms with Gasteiger partial charge in [0.25, 0.3) is 11.8 Å². The Hall–Kier alpha value is -4.35. The van der Waals surface area contributed by atoms with Crippen molar-refractivity contribution in [2.75, 3.05) is 7.11 Å². The Labute approximate surface area is 191 Å². The first kappa shape index (κ1) is 22.8. The van der Waals surface area contributed by atoms with E-state index in [1.807, 2.05) is 0 Å². The van der Waals surface area contributed by atoms with Gasteiger partial charge < -0.3 is 10.1 Å². The molecule has 1 fully saturated rings. The number of halogens is 3. The minimum absolute atomic E-state index is 0.0267. The van der Waals surface area contributed by atoms with Gasteiger partial charge in [0, 0.05) is 0 Å². The van der Waals surface area contributed by atoms with E-state index in [0.717, 1.165) is 16.8 Å². The predicted molar refractivity (Wildman–Crippen MR) is 112 cm³/mol. The van der Waals surface area contributed by atoms with Crippen LogP contribution in [0.4, 0.5) is 18.0 Å². The van der Waals surface area contributed by atoms with Crippen molar-refractivity contribution in [2.24, 2.45) is 0 Å². The molecule has 1 unspecified atom stereocenters. The smallest absolute Gasteiger partial charge is 0.416 e. The molecule has 1 aliphatic heterocycles. The molecular formula is C22H18F3N5O4. The molecule has 1 atom stereocenters. The van der Waals surface area contributed by atoms with Gasteiger partial charge in [0.05, 0.1) is 24.6 Å². The van der Waals surface area contributed by atoms with Crippen LogP contribution in [0.3, 0.4) is 0 Å². The molecule has 0 radical (unpaired) electrons. The van der Waals surface area contributed by atoms with E-state index in [4.69, 9.17) is 4.74 Å². The summed E-state index contributed by atoms with van der Waals surface area (Å²) in [5.74, 6) is -1.77. The summed E-state index contributed by atoms with van der Waals surface area (Å²) in [6.45, 7) is 1.50. The van der Waals surface area contributed by atoms with Crippen LogP contribution in [-0.2, 0) is 16.5 Å². The van der Waals surface area contributed by atoms with E-state index in [9.17, 15) is 27.6 Å². The number of carbonyl (C=O) groups is 3. The molecule has 12 heteroatoms. The Morgan fingerprint density at radius 2 is 1.82 bits per heavy atom. The van der Waals surface area contributed by atoms with E-state index < -0.39 is 35.1 Å². The summed E-state index contributed by atoms with van der Waals surface area (Å²) in [6, 6.07) is 11.9. The van der Waals surface area contributed by atoms with Gasteiger partial charge in [-0.2, -0.15) is 23.3 Å². The zero-order chi connectivity index (χ0) is 24.7. The van der Waals surface area contributed by atoms with Crippen LogP contribution in [0, 0.1) is 0 Å². The van der Waals surface area contributed by atoms with Gasteiger partial charge in [0.2, 0.25) is 0 Å². The molecule has 0 spiro atoms. The number of urea groups is 1. The number of methoxy groups -OCH3 is 1. The molecule has 34 heavy (non-hydrogen) atoms. The van der Waals surface area contributed by atoms with Gasteiger partial charge in [0.1, 0.15) is 5.54 Å². The van der Waals surface area contributed by atoms with Gasteiger partial charge in [-0.15, -0.1) is 0 Å². The second-order valence-electron chi connectivity index (χ2n) is 7.54. The lowest BCUT2D eigenvalue weighted by molar-refractivity contribution is -0.137. The van der Waals surface area contributed by atoms with E-state index >= 15 is 0 Å². The minimum Gasteiger partial charge on any atom is -0.493 e. The van der Waals surface area contributed by atoms with Crippen LogP contribution >= 0.6 is 0 Å². The normalized spacial score (nSPS) is 18.1. The minimum atomic E-state index is -4.57. The first-order valence-corrected chi connectivity index (χ1v) is 9.89. The summed E-state index contributed by atoms with van der Waals surface area (Å²) < 4.78 is 45.3. The Morgan fingerprint density at radius 1 is 1.12 bits per heavy atom. The maximum absolute atomic E-state index is 13.1. The molecule has 3 aromatic rings. The fraction of sp³-hybridized carbons (Fsp3) is 0.182. The molecule has 2 heterocycles. The Bertz CT molecular complexity index is 1280. The zero-order valence-corrected chi connectivity index (χ0v) is 17.9. The van der Waals surface area contributed by atoms with E-state index in [0.29, 0.717) is 10.6 Å². The highest BCUT2D eigenvalue weighted by molar-refractivity contribution is 6.09. The molecule has 1 aromatic heterocycles. The molecule has 176 valence electrons. The topological polar surface area (TPSA) is 106 Å². The van der Waals surface area contributed by atoms with Crippen molar-refractivity contribution in [3.63, 3.8) is 0 Å². The van der Waals surface area contributed by atoms with Crippen molar-refractivity contribution >= 4 is 17.8 Å². The average Bonchev–Trinajstić information content (AvgIpc) is 3.35. The van der Waals surface area contributed by atoms with Crippen molar-refractivity contribution in [1.29, 1.82) is 0 Å². The second kappa shape index (κ2) is 8.21. The van der Waals surface area contributed by atoms with E-state index in [1.54, 1.807) is 30.3 Å². The molecule has 0 saturated carbocycles. The Morgan fingerprint density at radius 3 is 2.47 bits per heavy atom. The third kappa shape index (κ3) is 3.93. The van der Waals surface area contributed by atoms with Crippen molar-refractivity contribution in [3.8, 4) is 11.4 Å². The third-order valence-electron chi connectivity index (χ3n) is 5.31. The fourth-order valence-corrected chi connectivity index (χ4v) is 3.48. The van der Waals surface area contributed by atoms with E-state index in [-0.39, 0.29) is 17.1 Å². The number of aromatic nitrogens is 2. The van der Waals surface area contributed by atoms with Crippen molar-refractivity contribution in [2.45, 2.75) is 18.6 Å². The SMILES string of the molecule is COc1cn(-c2cccc(C(F)(F)F)c2)nc1C(=O)NN1C(=O)NC(C)(c2ccccc2)C1=O. The summed E-state index contributed by atoms with van der Waals surface area (Å²) in [5.41, 5.74) is 0.0823. The summed E-state index contributed by atoms with van der Waals surface area (Å²) in [6.07, 6.45) is -3.35. The molecule has 4 amide bonds. The number of hydrogen-bond acceptors (Lipinski definition) is 5. The van der Waals surface area contributed by atoms with Crippen LogP contribution in [-0.4, -0.2) is 39.7 Å². The molecule has 2 aromatic carbocycles. The number of alkyl halides is 3. The summed E-state index contributed by atoms with van der Waals surface area (Å²) in [5, 5.41) is 7.07. The van der Waals surface area contributed by atoms with Gasteiger partial charge in [-0.05, 0) is 30.7 Å². The second-order valence-corrected chi connectivity index (χ2v) is 7.54. The lowest BCUT2D eigenvalue weighted by Gasteiger charge is -2.21. The molecule has 4 rings (SSSR count). The molecule has 2 N–H and O–H groups in total. The molecule has 1 saturated heterocycles. The highest BCUT2D eigenvalue weighted by Crippen LogP contribution is 2.31. The highest BCUT2D eigenvalue weighted by Gasteiger charge is 2.50. The van der Waals surface area contributed by atoms with Crippen LogP contribution in [0.15, 0.2) is 60.8 Å². The molecule has 0 bridgehead atoms. The third-order valence-corrected chi connectivity index (χ3v) is 5.31. The Kier molecular flexibility index (Phi) is 5.51. The number of nitrogens with one attached hydrogen (secondary N) is 2. The van der Waals surface area contributed by atoms with Crippen LogP contribution in [0.2, 0.25) is 0 Å². The number of nitrogens with zero attached hydrogens (tertiary/aromatic N) is 3. The van der Waals surface area contributed by atoms with Gasteiger partial charge in [0.15, 0.2) is 11.4 Å². The predicted octanol–water partition coefficient (Wildman–Crippen LogP) is 3.01. The number of hydrazine groups is 1. The fourth-order valence-electron chi connectivity index (χ4n) is 3.48. The number of benzene rings is 2. The maximum atomic E-state index is 13.1. The maximum Gasteiger partial charge on any atom is 0.416 e. The number of rotatable bonds is 5. The van der Waals surface area contributed by atoms with Crippen LogP contribution < -0.4 is 15.5 Å². The largest absolute Gasteiger partial charge is 0.493 e. The number of imide groups is 1. The van der Waals surface area contributed by atoms with Crippen LogP contribution in [0.1, 0.15) is 28.5 Å². The number of hydrogen-bond donors (Lipinski definition) is 2. The highest BCUT2D eigenvalue weighted by atomic mass is 19.4. The van der Waals surface area contributed by atoms with Gasteiger partial charge in [-0.3, -0.25) is 15.0 Å². The average molecular weight is 473 g/mol. The van der Waals surface area contributed by atoms with Crippen molar-refractivity contribution in [3.05, 3.63) is 77.6 Å². The zero-order valence-electron chi connectivity index (χ0n) is 17.9. The van der Waals surface area contributed by atoms with E-state index in [1.165, 1.54) is 32.4 Å². The number of ether oxygens (including phenoxy) is 1. The first-order chi connectivity index (χ1) is 16.0. The number of amides is 4. The Balaban J connectivity index is 1.60. The van der Waals surface area contributed by atoms with Gasteiger partial charge >= 0.3 is 12.2 Å². The summed E-state index contributed by atoms with van der Waals surface area (Å²) in [7, 11) is 1.24. The van der Waals surface area contributed by atoms with Crippen molar-refractivity contribution < 1.29 is 32.3 Å². The quantitative estimate of drug-likeness (QED) is 0.555. The molecular weight excluding hydrogens is 455 g/mol. The van der Waals surface area contributed by atoms with E-state index in [2.05, 4.69) is 15.8 Å². The lowest BCUT2D eigenvalue weighted by atomic mass is 9.92. The molecule has 0 aliphatic carbocycles. The van der Waals surface area contributed by atoms with Crippen LogP contribution in [0.25, 0.3) is 5.69 Å². The van der Waals surface area contributed by atoms with Crippen molar-refractivity contribution in [1.82, 2.24) is 25.5 Å². The monoisotopic (exact) mass is 473 g/mol. The number of carbonyl (C=O) groups excluding carboxylic acids is 3. The summed E-state index contributed by atoms with van der Waals surface area (Å²) in [4.78, 5) is 38.3. The van der Waals surface area contributed by atoms with Gasteiger partial charge in [-0.1, -0.05) is 36.4 Å². The molecule has 1 aliphatic rings. The van der Waals surface area contributed by atoms with Gasteiger partial charge in [-0.25, -0.2) is 9.48 Å². The van der Waals surface area contributed by atoms with Crippen LogP contribution in [0.5, 0.6) is 5.75 Å². The summed E-state index contributed by atoms with van der Waals surface area (Å²) >= 11 is 0. The molecule has 9 nitrogen and oxygen atoms in total. The standard InChI is InChI=1S/C22H18F3N5O4/c1-21(13-7-4-3-5-8-13)19(32)30(20(33)26-21)28-18(31)17-16(34-2)12-29(27-17)15-10-6-9-14(11-15)22(23,24)25/h3-12H,1-2H3,(H,26,33)(H,28,31). The lowest BCUT2D eigenvalue weighted by Crippen LogP contribution is -2.48.